The van der Waals surface area contributed by atoms with Gasteiger partial charge in [-0.15, -0.1) is 0 Å². The zero-order valence-corrected chi connectivity index (χ0v) is 26.3. The number of likely N-dealkylation sites (N-methyl/N-ethyl adjacent to an activating group) is 2. The molecule has 1 unspecified atom stereocenters. The van der Waals surface area contributed by atoms with E-state index in [0.717, 1.165) is 26.8 Å². The molecule has 0 saturated carbocycles. The van der Waals surface area contributed by atoms with E-state index in [9.17, 15) is 0 Å². The van der Waals surface area contributed by atoms with E-state index >= 15 is 0 Å². The van der Waals surface area contributed by atoms with Crippen LogP contribution in [-0.2, 0) is 0 Å². The van der Waals surface area contributed by atoms with Crippen molar-refractivity contribution in [2.75, 3.05) is 28.2 Å². The van der Waals surface area contributed by atoms with Gasteiger partial charge in [-0.2, -0.15) is 0 Å². The highest BCUT2D eigenvalue weighted by Gasteiger charge is 2.42. The molecule has 4 aromatic carbocycles. The predicted octanol–water partition coefficient (Wildman–Crippen LogP) is 10.3. The van der Waals surface area contributed by atoms with Crippen LogP contribution in [0.3, 0.4) is 0 Å². The first-order valence-electron chi connectivity index (χ1n) is 15.0. The van der Waals surface area contributed by atoms with Gasteiger partial charge in [0.1, 0.15) is 22.8 Å². The third kappa shape index (κ3) is 3.93. The average molecular weight is 571 g/mol. The van der Waals surface area contributed by atoms with Crippen LogP contribution >= 0.6 is 11.6 Å². The molecule has 0 fully saturated rings. The van der Waals surface area contributed by atoms with Gasteiger partial charge in [0.15, 0.2) is 0 Å². The van der Waals surface area contributed by atoms with Crippen molar-refractivity contribution in [1.29, 1.82) is 0 Å². The van der Waals surface area contributed by atoms with Crippen molar-refractivity contribution in [3.63, 3.8) is 0 Å². The molecule has 4 aromatic rings. The van der Waals surface area contributed by atoms with Crippen LogP contribution in [0.25, 0.3) is 27.1 Å². The smallest absolute Gasteiger partial charge is 0.145 e. The van der Waals surface area contributed by atoms with Gasteiger partial charge in [-0.25, -0.2) is 0 Å². The molecule has 0 spiro atoms. The topological polar surface area (TPSA) is 0 Å². The van der Waals surface area contributed by atoms with Crippen LogP contribution in [-0.4, -0.2) is 28.2 Å². The van der Waals surface area contributed by atoms with E-state index in [1.807, 2.05) is 0 Å². The lowest BCUT2D eigenvalue weighted by Crippen LogP contribution is -2.36. The van der Waals surface area contributed by atoms with Gasteiger partial charge in [-0.1, -0.05) is 72.3 Å². The molecular formula is C39H39ClN2+2. The second kappa shape index (κ2) is 9.67. The Morgan fingerprint density at radius 2 is 1.36 bits per heavy atom. The molecule has 42 heavy (non-hydrogen) atoms. The Morgan fingerprint density at radius 1 is 0.714 bits per heavy atom. The molecule has 0 radical (unpaired) electrons. The number of hydrogen-bond acceptors (Lipinski definition) is 0. The van der Waals surface area contributed by atoms with E-state index < -0.39 is 0 Å². The molecular weight excluding hydrogens is 532 g/mol. The van der Waals surface area contributed by atoms with Crippen molar-refractivity contribution in [3.05, 3.63) is 136 Å². The summed E-state index contributed by atoms with van der Waals surface area (Å²) in [5, 5.41) is 6.21. The molecule has 210 valence electrons. The molecule has 3 heteroatoms. The SMILES string of the molecule is CC1=C(/C=C/C2=C(Cl)C(=C/C=C3\C(C)c4c(ccc5ccccc45)[N+]3(C)C)/CC2)[N+](C)(C)c2ccc3ccccc3c21. The van der Waals surface area contributed by atoms with Crippen molar-refractivity contribution in [2.24, 2.45) is 0 Å². The fraction of sp³-hybridized carbons (Fsp3) is 0.231. The highest BCUT2D eigenvalue weighted by molar-refractivity contribution is 6.33. The Balaban J connectivity index is 1.21. The summed E-state index contributed by atoms with van der Waals surface area (Å²) in [7, 11) is 9.19. The molecule has 1 atom stereocenters. The van der Waals surface area contributed by atoms with E-state index in [1.165, 1.54) is 72.2 Å². The van der Waals surface area contributed by atoms with Crippen molar-refractivity contribution in [1.82, 2.24) is 8.97 Å². The number of halogens is 1. The quantitative estimate of drug-likeness (QED) is 0.215. The average Bonchev–Trinajstić information content (AvgIpc) is 3.50. The van der Waals surface area contributed by atoms with Crippen molar-refractivity contribution >= 4 is 50.1 Å². The molecule has 3 aliphatic rings. The Kier molecular flexibility index (Phi) is 6.26. The van der Waals surface area contributed by atoms with Gasteiger partial charge < -0.3 is 0 Å². The number of benzene rings is 4. The fourth-order valence-corrected chi connectivity index (χ4v) is 8.13. The first kappa shape index (κ1) is 27.2. The van der Waals surface area contributed by atoms with Crippen molar-refractivity contribution in [2.45, 2.75) is 32.6 Å². The molecule has 0 N–H and O–H groups in total. The van der Waals surface area contributed by atoms with E-state index in [4.69, 9.17) is 11.6 Å². The van der Waals surface area contributed by atoms with Crippen LogP contribution in [0.15, 0.2) is 125 Å². The number of quaternary nitrogens is 2. The summed E-state index contributed by atoms with van der Waals surface area (Å²) in [4.78, 5) is 0. The van der Waals surface area contributed by atoms with Gasteiger partial charge in [-0.05, 0) is 77.6 Å². The molecule has 0 aromatic heterocycles. The fourth-order valence-electron chi connectivity index (χ4n) is 7.81. The lowest BCUT2D eigenvalue weighted by atomic mass is 9.94. The van der Waals surface area contributed by atoms with Crippen LogP contribution in [0.5, 0.6) is 0 Å². The highest BCUT2D eigenvalue weighted by atomic mass is 35.5. The minimum atomic E-state index is 0.344. The van der Waals surface area contributed by atoms with Crippen LogP contribution < -0.4 is 8.97 Å². The van der Waals surface area contributed by atoms with Crippen molar-refractivity contribution in [3.8, 4) is 0 Å². The van der Waals surface area contributed by atoms with E-state index in [-0.39, 0.29) is 0 Å². The van der Waals surface area contributed by atoms with Gasteiger partial charge in [0, 0.05) is 34.4 Å². The number of hydrogen-bond donors (Lipinski definition) is 0. The maximum absolute atomic E-state index is 7.07. The summed E-state index contributed by atoms with van der Waals surface area (Å²) in [6.45, 7) is 4.62. The first-order valence-corrected chi connectivity index (χ1v) is 15.4. The summed E-state index contributed by atoms with van der Waals surface area (Å²) in [5.41, 5.74) is 12.1. The molecule has 0 bridgehead atoms. The van der Waals surface area contributed by atoms with Crippen LogP contribution in [0.1, 0.15) is 43.7 Å². The second-order valence-electron chi connectivity index (χ2n) is 13.0. The first-order chi connectivity index (χ1) is 20.1. The van der Waals surface area contributed by atoms with Gasteiger partial charge >= 0.3 is 0 Å². The van der Waals surface area contributed by atoms with Gasteiger partial charge in [0.05, 0.1) is 39.7 Å². The molecule has 2 heterocycles. The van der Waals surface area contributed by atoms with E-state index in [0.29, 0.717) is 5.92 Å². The molecule has 1 aliphatic carbocycles. The number of fused-ring (bicyclic) bond motifs is 6. The summed E-state index contributed by atoms with van der Waals surface area (Å²) in [6.07, 6.45) is 11.1. The second-order valence-corrected chi connectivity index (χ2v) is 13.4. The molecule has 0 amide bonds. The number of rotatable bonds is 3. The minimum Gasteiger partial charge on any atom is -0.266 e. The monoisotopic (exact) mass is 570 g/mol. The Bertz CT molecular complexity index is 1960. The molecule has 0 saturated heterocycles. The maximum Gasteiger partial charge on any atom is 0.145 e. The third-order valence-corrected chi connectivity index (χ3v) is 10.6. The van der Waals surface area contributed by atoms with E-state index in [2.05, 4.69) is 139 Å². The number of nitrogens with zero attached hydrogens (tertiary/aromatic N) is 2. The lowest BCUT2D eigenvalue weighted by molar-refractivity contribution is 0.494. The third-order valence-electron chi connectivity index (χ3n) is 10.1. The maximum atomic E-state index is 7.07. The Morgan fingerprint density at radius 3 is 2.10 bits per heavy atom. The van der Waals surface area contributed by atoms with Crippen LogP contribution in [0, 0.1) is 0 Å². The molecule has 7 rings (SSSR count). The molecule has 2 nitrogen and oxygen atoms in total. The minimum absolute atomic E-state index is 0.344. The Labute approximate surface area is 255 Å². The van der Waals surface area contributed by atoms with Crippen LogP contribution in [0.2, 0.25) is 0 Å². The van der Waals surface area contributed by atoms with Crippen molar-refractivity contribution < 1.29 is 0 Å². The lowest BCUT2D eigenvalue weighted by Gasteiger charge is -2.26. The standard InChI is InChI=1S/C39H39ClN2/c1-25-33(41(3,4)35-23-17-27-11-7-9-13-31(27)37(25)35)21-19-29-15-16-30(39(29)40)20-22-34-26(2)38-32-14-10-8-12-28(32)18-24-36(38)42(34,5)6/h7-14,17-25H,15-16H2,1-6H3/q+2/b22-20+,29-19+,33-21+. The highest BCUT2D eigenvalue weighted by Crippen LogP contribution is 2.50. The summed E-state index contributed by atoms with van der Waals surface area (Å²) in [6, 6.07) is 26.6. The summed E-state index contributed by atoms with van der Waals surface area (Å²) < 4.78 is 1.51. The Hall–Kier alpha value is -3.69. The summed E-state index contributed by atoms with van der Waals surface area (Å²) in [5.74, 6) is 0.344. The predicted molar refractivity (Wildman–Crippen MR) is 184 cm³/mol. The normalized spacial score (nSPS) is 22.9. The van der Waals surface area contributed by atoms with Gasteiger partial charge in [0.25, 0.3) is 0 Å². The number of allylic oxidation sites excluding steroid dienone is 9. The van der Waals surface area contributed by atoms with Crippen LogP contribution in [0.4, 0.5) is 11.4 Å². The van der Waals surface area contributed by atoms with E-state index in [1.54, 1.807) is 0 Å². The zero-order valence-electron chi connectivity index (χ0n) is 25.5. The largest absolute Gasteiger partial charge is 0.266 e. The zero-order chi connectivity index (χ0) is 29.4. The molecule has 2 aliphatic heterocycles. The summed E-state index contributed by atoms with van der Waals surface area (Å²) >= 11 is 7.07. The van der Waals surface area contributed by atoms with Gasteiger partial charge in [-0.3, -0.25) is 8.97 Å². The van der Waals surface area contributed by atoms with Gasteiger partial charge in [0.2, 0.25) is 0 Å².